The van der Waals surface area contributed by atoms with Gasteiger partial charge in [0.15, 0.2) is 5.78 Å². The summed E-state index contributed by atoms with van der Waals surface area (Å²) >= 11 is 0. The Kier molecular flexibility index (Phi) is 7.63. The summed E-state index contributed by atoms with van der Waals surface area (Å²) in [7, 11) is 0. The molecule has 184 valence electrons. The number of allylic oxidation sites excluding steroid dienone is 1. The molecule has 4 aliphatic carbocycles. The predicted molar refractivity (Wildman–Crippen MR) is 127 cm³/mol. The van der Waals surface area contributed by atoms with Crippen LogP contribution in [0.1, 0.15) is 85.5 Å². The van der Waals surface area contributed by atoms with Gasteiger partial charge in [0.05, 0.1) is 11.9 Å². The third-order valence-corrected chi connectivity index (χ3v) is 11.0. The maximum atomic E-state index is 13.4. The summed E-state index contributed by atoms with van der Waals surface area (Å²) in [6.45, 7) is 14.2. The maximum Gasteiger partial charge on any atom is 2.00 e. The van der Waals surface area contributed by atoms with E-state index in [9.17, 15) is 9.90 Å². The molecule has 4 saturated carbocycles. The molecule has 4 fully saturated rings. The summed E-state index contributed by atoms with van der Waals surface area (Å²) in [6, 6.07) is 0. The average molecular weight is 683 g/mol. The second-order valence-corrected chi connectivity index (χ2v) is 12.7. The monoisotopic (exact) mass is 682 g/mol. The molecule has 0 aromatic rings. The van der Waals surface area contributed by atoms with Crippen molar-refractivity contribution in [3.05, 3.63) is 26.2 Å². The third kappa shape index (κ3) is 4.28. The van der Waals surface area contributed by atoms with Crippen LogP contribution in [0, 0.1) is 85.4 Å². The van der Waals surface area contributed by atoms with E-state index in [0.717, 1.165) is 31.4 Å². The number of quaternary nitrogens is 1. The molecule has 1 aliphatic heterocycles. The van der Waals surface area contributed by atoms with Gasteiger partial charge in [-0.3, -0.25) is 4.79 Å². The summed E-state index contributed by atoms with van der Waals surface area (Å²) in [5.74, 6) is 2.57. The molecule has 0 aromatic carbocycles. The van der Waals surface area contributed by atoms with E-state index in [2.05, 4.69) is 33.1 Å². The van der Waals surface area contributed by atoms with Crippen LogP contribution in [0.5, 0.6) is 0 Å². The van der Waals surface area contributed by atoms with Gasteiger partial charge in [-0.15, -0.1) is 5.53 Å². The van der Waals surface area contributed by atoms with Gasteiger partial charge in [0, 0.05) is 5.92 Å². The number of rotatable bonds is 3. The molecule has 1 heterocycles. The molecular formula is C27H46N3O2U+. The Hall–Kier alpha value is -0.0181. The maximum absolute atomic E-state index is 13.4. The summed E-state index contributed by atoms with van der Waals surface area (Å²) in [4.78, 5) is 13.4. The van der Waals surface area contributed by atoms with Crippen molar-refractivity contribution >= 4 is 5.78 Å². The van der Waals surface area contributed by atoms with Gasteiger partial charge in [-0.05, 0) is 92.3 Å². The Labute approximate surface area is 225 Å². The molecule has 0 spiro atoms. The van der Waals surface area contributed by atoms with E-state index in [1.165, 1.54) is 32.1 Å². The van der Waals surface area contributed by atoms with Crippen LogP contribution < -0.4 is 11.0 Å². The molecule has 33 heavy (non-hydrogen) atoms. The standard InChI is InChI=1S/C26H42N3O2.CH3.U/c1-17-15-29(28-27-17)16-20(30)19-6-7-21-25(19,4)11-9-22-24(3)13-12-23(2,31)14-18(24)8-10-26(21,22)5;;/h15,18-19,21-22,27-28,31H,2,6-14,16H2,1,3-5H3;1H3;/q2*-1;+2/p+1. The number of Topliss-reactive ketones (excluding diaryl/α,β-unsaturated/α-hetero) is 1. The Morgan fingerprint density at radius 3 is 2.42 bits per heavy atom. The number of hydrogen-bond acceptors (Lipinski definition) is 4. The minimum atomic E-state index is -0.722. The van der Waals surface area contributed by atoms with Gasteiger partial charge >= 0.3 is 31.1 Å². The number of nitrogens with one attached hydrogen (secondary N) is 1. The minimum absolute atomic E-state index is 0. The summed E-state index contributed by atoms with van der Waals surface area (Å²) in [5, 5.41) is 12.7. The predicted octanol–water partition coefficient (Wildman–Crippen LogP) is 3.78. The fourth-order valence-corrected chi connectivity index (χ4v) is 9.42. The number of carbonyl (C=O) groups excluding carboxylic acids is 1. The van der Waals surface area contributed by atoms with Gasteiger partial charge < -0.3 is 19.5 Å². The molecule has 0 radical (unpaired) electrons. The number of carbonyl (C=O) groups is 1. The van der Waals surface area contributed by atoms with Crippen molar-refractivity contribution in [2.24, 2.45) is 39.9 Å². The molecular weight excluding hydrogens is 636 g/mol. The van der Waals surface area contributed by atoms with Crippen LogP contribution in [0.4, 0.5) is 0 Å². The average Bonchev–Trinajstić information content (AvgIpc) is 3.25. The normalized spacial score (nSPS) is 48.3. The van der Waals surface area contributed by atoms with E-state index in [1.54, 1.807) is 0 Å². The van der Waals surface area contributed by atoms with Crippen molar-refractivity contribution in [1.82, 2.24) is 10.4 Å². The number of nitrogens with zero attached hydrogens (tertiary/aromatic N) is 1. The molecule has 5 rings (SSSR count). The van der Waals surface area contributed by atoms with Crippen molar-refractivity contribution in [2.75, 3.05) is 6.54 Å². The van der Waals surface area contributed by atoms with Crippen molar-refractivity contribution < 1.29 is 46.5 Å². The Morgan fingerprint density at radius 2 is 1.76 bits per heavy atom. The molecule has 0 amide bonds. The van der Waals surface area contributed by atoms with Crippen LogP contribution in [-0.4, -0.2) is 28.0 Å². The van der Waals surface area contributed by atoms with Gasteiger partial charge in [0.1, 0.15) is 6.54 Å². The van der Waals surface area contributed by atoms with Gasteiger partial charge in [-0.1, -0.05) is 32.8 Å². The third-order valence-electron chi connectivity index (χ3n) is 11.0. The first-order valence-corrected chi connectivity index (χ1v) is 12.6. The van der Waals surface area contributed by atoms with Gasteiger partial charge in [-0.2, -0.15) is 0 Å². The quantitative estimate of drug-likeness (QED) is 0.314. The van der Waals surface area contributed by atoms with Crippen LogP contribution in [0.3, 0.4) is 0 Å². The molecule has 5 aliphatic rings. The number of nitrogens with two attached hydrogens (primary N) is 1. The smallest absolute Gasteiger partial charge is 0.422 e. The van der Waals surface area contributed by atoms with Crippen LogP contribution in [0.2, 0.25) is 0 Å². The zero-order chi connectivity index (χ0) is 22.2. The van der Waals surface area contributed by atoms with Crippen LogP contribution >= 0.6 is 0 Å². The van der Waals surface area contributed by atoms with Crippen LogP contribution in [0.15, 0.2) is 11.9 Å². The molecule has 4 N–H and O–H groups in total. The SMILES string of the molecule is [CH2-]C1(O)CCC2(C)C(CCC3(C)C2CCC2(C)C(C(=O)CN4C=C(C)N[NH2+]4)CCC23)C1.[CH3-].[U+2]. The van der Waals surface area contributed by atoms with Crippen molar-refractivity contribution in [3.8, 4) is 0 Å². The Morgan fingerprint density at radius 1 is 1.09 bits per heavy atom. The van der Waals surface area contributed by atoms with Gasteiger partial charge in [0.2, 0.25) is 0 Å². The van der Waals surface area contributed by atoms with E-state index in [0.29, 0.717) is 40.9 Å². The summed E-state index contributed by atoms with van der Waals surface area (Å²) in [6.07, 6.45) is 12.0. The zero-order valence-electron chi connectivity index (χ0n) is 21.5. The first kappa shape index (κ1) is 27.6. The van der Waals surface area contributed by atoms with E-state index in [-0.39, 0.29) is 49.9 Å². The van der Waals surface area contributed by atoms with E-state index < -0.39 is 5.60 Å². The second-order valence-electron chi connectivity index (χ2n) is 12.7. The zero-order valence-corrected chi connectivity index (χ0v) is 25.7. The summed E-state index contributed by atoms with van der Waals surface area (Å²) in [5.41, 5.74) is 6.28. The van der Waals surface area contributed by atoms with Crippen molar-refractivity contribution in [3.63, 3.8) is 0 Å². The van der Waals surface area contributed by atoms with E-state index >= 15 is 0 Å². The molecule has 0 bridgehead atoms. The van der Waals surface area contributed by atoms with Crippen LogP contribution in [-0.2, 0) is 4.79 Å². The number of aliphatic hydroxyl groups is 1. The molecule has 6 heteroatoms. The largest absolute Gasteiger partial charge is 2.00 e. The first-order chi connectivity index (χ1) is 14.5. The minimum Gasteiger partial charge on any atom is -0.422 e. The fraction of sp³-hybridized carbons (Fsp3) is 0.815. The second kappa shape index (κ2) is 9.13. The van der Waals surface area contributed by atoms with E-state index in [1.807, 2.05) is 23.7 Å². The van der Waals surface area contributed by atoms with E-state index in [4.69, 9.17) is 0 Å². The van der Waals surface area contributed by atoms with Crippen molar-refractivity contribution in [2.45, 2.75) is 91.1 Å². The Bertz CT molecular complexity index is 800. The van der Waals surface area contributed by atoms with Gasteiger partial charge in [-0.25, -0.2) is 10.4 Å². The Balaban J connectivity index is 0.00000153. The van der Waals surface area contributed by atoms with Gasteiger partial charge in [0.25, 0.3) is 0 Å². The van der Waals surface area contributed by atoms with Crippen LogP contribution in [0.25, 0.3) is 0 Å². The van der Waals surface area contributed by atoms with Crippen molar-refractivity contribution in [1.29, 1.82) is 0 Å². The molecule has 8 atom stereocenters. The fourth-order valence-electron chi connectivity index (χ4n) is 9.42. The molecule has 0 saturated heterocycles. The topological polar surface area (TPSA) is 69.2 Å². The number of ketones is 1. The number of fused-ring (bicyclic) bond motifs is 5. The first-order valence-electron chi connectivity index (χ1n) is 12.6. The summed E-state index contributed by atoms with van der Waals surface area (Å²) < 4.78 is 0. The number of hydrogen-bond donors (Lipinski definition) is 3. The molecule has 5 nitrogen and oxygen atoms in total. The molecule has 8 unspecified atom stereocenters. The molecule has 0 aromatic heterocycles.